The molecule has 3 nitrogen and oxygen atoms in total. The topological polar surface area (TPSA) is 29.5 Å². The second kappa shape index (κ2) is 5.16. The second-order valence-electron chi connectivity index (χ2n) is 5.37. The number of hydrogen-bond acceptors (Lipinski definition) is 2. The van der Waals surface area contributed by atoms with Crippen LogP contribution < -0.4 is 4.74 Å². The van der Waals surface area contributed by atoms with Crippen molar-refractivity contribution >= 4 is 16.7 Å². The molecule has 1 amide bonds. The van der Waals surface area contributed by atoms with Crippen molar-refractivity contribution in [2.75, 3.05) is 20.2 Å². The average molecular weight is 269 g/mol. The van der Waals surface area contributed by atoms with E-state index in [4.69, 9.17) is 4.74 Å². The largest absolute Gasteiger partial charge is 0.497 e. The van der Waals surface area contributed by atoms with Crippen molar-refractivity contribution in [1.29, 1.82) is 0 Å². The second-order valence-corrected chi connectivity index (χ2v) is 5.37. The zero-order valence-electron chi connectivity index (χ0n) is 11.9. The molecular formula is C17H19NO2. The molecule has 0 aromatic heterocycles. The van der Waals surface area contributed by atoms with Crippen molar-refractivity contribution in [1.82, 2.24) is 4.90 Å². The Balaban J connectivity index is 1.90. The molecule has 0 spiro atoms. The van der Waals surface area contributed by atoms with Crippen LogP contribution in [0, 0.1) is 0 Å². The van der Waals surface area contributed by atoms with Crippen molar-refractivity contribution in [3.63, 3.8) is 0 Å². The number of methoxy groups -OCH3 is 1. The maximum absolute atomic E-state index is 12.3. The van der Waals surface area contributed by atoms with Gasteiger partial charge in [0, 0.05) is 13.1 Å². The van der Waals surface area contributed by atoms with Crippen molar-refractivity contribution in [2.24, 2.45) is 0 Å². The summed E-state index contributed by atoms with van der Waals surface area (Å²) in [4.78, 5) is 14.2. The lowest BCUT2D eigenvalue weighted by molar-refractivity contribution is -0.135. The molecule has 1 atom stereocenters. The number of hydrogen-bond donors (Lipinski definition) is 0. The lowest BCUT2D eigenvalue weighted by Crippen LogP contribution is -2.44. The van der Waals surface area contributed by atoms with Crippen LogP contribution in [0.5, 0.6) is 5.75 Å². The van der Waals surface area contributed by atoms with Crippen molar-refractivity contribution < 1.29 is 9.53 Å². The van der Waals surface area contributed by atoms with Gasteiger partial charge in [0.05, 0.1) is 13.0 Å². The van der Waals surface area contributed by atoms with Crippen molar-refractivity contribution in [3.05, 3.63) is 42.0 Å². The molecule has 20 heavy (non-hydrogen) atoms. The van der Waals surface area contributed by atoms with Gasteiger partial charge in [0.1, 0.15) is 5.75 Å². The Morgan fingerprint density at radius 3 is 2.50 bits per heavy atom. The van der Waals surface area contributed by atoms with E-state index in [0.29, 0.717) is 0 Å². The fraction of sp³-hybridized carbons (Fsp3) is 0.353. The number of carbonyl (C=O) groups excluding carboxylic acids is 1. The number of fused-ring (bicyclic) bond motifs is 1. The first-order valence-electron chi connectivity index (χ1n) is 7.05. The van der Waals surface area contributed by atoms with Gasteiger partial charge in [-0.05, 0) is 41.8 Å². The van der Waals surface area contributed by atoms with Crippen molar-refractivity contribution in [3.8, 4) is 5.75 Å². The van der Waals surface area contributed by atoms with Crippen LogP contribution in [0.15, 0.2) is 36.4 Å². The number of benzene rings is 2. The van der Waals surface area contributed by atoms with Crippen LogP contribution in [-0.2, 0) is 4.79 Å². The van der Waals surface area contributed by atoms with Crippen LogP contribution in [0.25, 0.3) is 10.8 Å². The Morgan fingerprint density at radius 1 is 1.15 bits per heavy atom. The summed E-state index contributed by atoms with van der Waals surface area (Å²) in [5.74, 6) is 1.03. The van der Waals surface area contributed by atoms with Gasteiger partial charge in [-0.25, -0.2) is 0 Å². The number of likely N-dealkylation sites (tertiary alicyclic amines) is 1. The predicted octanol–water partition coefficient (Wildman–Crippen LogP) is 3.18. The van der Waals surface area contributed by atoms with Crippen LogP contribution in [0.1, 0.15) is 24.8 Å². The van der Waals surface area contributed by atoms with Gasteiger partial charge in [0.15, 0.2) is 0 Å². The Morgan fingerprint density at radius 2 is 1.85 bits per heavy atom. The van der Waals surface area contributed by atoms with Crippen LogP contribution in [0.3, 0.4) is 0 Å². The van der Waals surface area contributed by atoms with Gasteiger partial charge in [-0.3, -0.25) is 4.79 Å². The van der Waals surface area contributed by atoms with E-state index in [0.717, 1.165) is 41.6 Å². The molecule has 2 aromatic carbocycles. The van der Waals surface area contributed by atoms with Crippen LogP contribution >= 0.6 is 0 Å². The summed E-state index contributed by atoms with van der Waals surface area (Å²) in [5, 5.41) is 2.28. The van der Waals surface area contributed by atoms with E-state index < -0.39 is 0 Å². The van der Waals surface area contributed by atoms with Crippen LogP contribution in [-0.4, -0.2) is 31.0 Å². The summed E-state index contributed by atoms with van der Waals surface area (Å²) in [6, 6.07) is 12.2. The Labute approximate surface area is 119 Å². The highest BCUT2D eigenvalue weighted by Gasteiger charge is 2.25. The summed E-state index contributed by atoms with van der Waals surface area (Å²) < 4.78 is 5.23. The molecule has 0 unspecified atom stereocenters. The molecule has 0 N–H and O–H groups in total. The predicted molar refractivity (Wildman–Crippen MR) is 80.1 cm³/mol. The summed E-state index contributed by atoms with van der Waals surface area (Å²) >= 11 is 0. The first kappa shape index (κ1) is 13.0. The average Bonchev–Trinajstić information content (AvgIpc) is 2.43. The minimum absolute atomic E-state index is 0.0678. The molecule has 0 bridgehead atoms. The molecule has 2 aromatic rings. The molecule has 3 rings (SSSR count). The molecule has 1 aliphatic rings. The monoisotopic (exact) mass is 269 g/mol. The fourth-order valence-electron chi connectivity index (χ4n) is 2.59. The molecular weight excluding hydrogens is 250 g/mol. The molecule has 104 valence electrons. The van der Waals surface area contributed by atoms with Crippen LogP contribution in [0.4, 0.5) is 0 Å². The lowest BCUT2D eigenvalue weighted by atomic mass is 9.95. The van der Waals surface area contributed by atoms with Gasteiger partial charge in [0.25, 0.3) is 0 Å². The van der Waals surface area contributed by atoms with Gasteiger partial charge in [0.2, 0.25) is 5.91 Å². The van der Waals surface area contributed by atoms with E-state index in [1.54, 1.807) is 7.11 Å². The number of ether oxygens (including phenoxy) is 1. The molecule has 1 fully saturated rings. The summed E-state index contributed by atoms with van der Waals surface area (Å²) in [5.41, 5.74) is 1.08. The summed E-state index contributed by atoms with van der Waals surface area (Å²) in [6.07, 6.45) is 1.13. The smallest absolute Gasteiger partial charge is 0.229 e. The van der Waals surface area contributed by atoms with Gasteiger partial charge in [-0.15, -0.1) is 0 Å². The van der Waals surface area contributed by atoms with E-state index in [1.807, 2.05) is 36.1 Å². The zero-order valence-corrected chi connectivity index (χ0v) is 11.9. The van der Waals surface area contributed by atoms with Gasteiger partial charge in [-0.2, -0.15) is 0 Å². The van der Waals surface area contributed by atoms with Gasteiger partial charge >= 0.3 is 0 Å². The van der Waals surface area contributed by atoms with E-state index in [1.165, 1.54) is 0 Å². The Kier molecular flexibility index (Phi) is 3.35. The normalized spacial score (nSPS) is 15.8. The number of amides is 1. The van der Waals surface area contributed by atoms with E-state index in [2.05, 4.69) is 12.1 Å². The third kappa shape index (κ3) is 2.24. The van der Waals surface area contributed by atoms with Crippen LogP contribution in [0.2, 0.25) is 0 Å². The van der Waals surface area contributed by atoms with E-state index in [9.17, 15) is 4.79 Å². The van der Waals surface area contributed by atoms with Gasteiger partial charge < -0.3 is 9.64 Å². The first-order chi connectivity index (χ1) is 9.69. The quantitative estimate of drug-likeness (QED) is 0.856. The zero-order chi connectivity index (χ0) is 14.1. The third-order valence-corrected chi connectivity index (χ3v) is 4.11. The SMILES string of the molecule is COc1ccc2cc([C@H](C)C(=O)N3CCC3)ccc2c1. The van der Waals surface area contributed by atoms with E-state index >= 15 is 0 Å². The number of nitrogens with zero attached hydrogens (tertiary/aromatic N) is 1. The highest BCUT2D eigenvalue weighted by Crippen LogP contribution is 2.27. The standard InChI is InChI=1S/C17H19NO2/c1-12(17(19)18-8-3-9-18)13-4-5-15-11-16(20-2)7-6-14(15)10-13/h4-7,10-12H,3,8-9H2,1-2H3/t12-/m0/s1. The lowest BCUT2D eigenvalue weighted by Gasteiger charge is -2.33. The molecule has 1 heterocycles. The third-order valence-electron chi connectivity index (χ3n) is 4.11. The highest BCUT2D eigenvalue weighted by molar-refractivity contribution is 5.88. The molecule has 0 aliphatic carbocycles. The minimum Gasteiger partial charge on any atom is -0.497 e. The fourth-order valence-corrected chi connectivity index (χ4v) is 2.59. The molecule has 1 aliphatic heterocycles. The molecule has 1 saturated heterocycles. The highest BCUT2D eigenvalue weighted by atomic mass is 16.5. The summed E-state index contributed by atoms with van der Waals surface area (Å²) in [7, 11) is 1.67. The van der Waals surface area contributed by atoms with E-state index in [-0.39, 0.29) is 11.8 Å². The Bertz CT molecular complexity index is 646. The number of rotatable bonds is 3. The molecule has 3 heteroatoms. The first-order valence-corrected chi connectivity index (χ1v) is 7.05. The van der Waals surface area contributed by atoms with Crippen molar-refractivity contribution in [2.45, 2.75) is 19.3 Å². The molecule has 0 saturated carbocycles. The number of carbonyl (C=O) groups is 1. The summed E-state index contributed by atoms with van der Waals surface area (Å²) in [6.45, 7) is 3.81. The molecule has 0 radical (unpaired) electrons. The maximum Gasteiger partial charge on any atom is 0.229 e. The minimum atomic E-state index is -0.0678. The Hall–Kier alpha value is -2.03. The van der Waals surface area contributed by atoms with Gasteiger partial charge in [-0.1, -0.05) is 24.3 Å². The maximum atomic E-state index is 12.3.